The highest BCUT2D eigenvalue weighted by molar-refractivity contribution is 5.98. The molecule has 4 rings (SSSR count). The molecule has 1 amide bonds. The topological polar surface area (TPSA) is 102 Å². The maximum atomic E-state index is 13.3. The van der Waals surface area contributed by atoms with Crippen LogP contribution in [0.1, 0.15) is 35.3 Å². The van der Waals surface area contributed by atoms with E-state index in [4.69, 9.17) is 10.7 Å². The summed E-state index contributed by atoms with van der Waals surface area (Å²) in [7, 11) is 4.14. The summed E-state index contributed by atoms with van der Waals surface area (Å²) in [6.07, 6.45) is 0. The van der Waals surface area contributed by atoms with E-state index >= 15 is 0 Å². The van der Waals surface area contributed by atoms with E-state index in [1.807, 2.05) is 6.07 Å². The summed E-state index contributed by atoms with van der Waals surface area (Å²) in [6, 6.07) is 10.8. The van der Waals surface area contributed by atoms with Crippen LogP contribution in [0.4, 0.5) is 5.82 Å². The lowest BCUT2D eigenvalue weighted by Gasteiger charge is -2.23. The van der Waals surface area contributed by atoms with Gasteiger partial charge in [0.1, 0.15) is 5.82 Å². The lowest BCUT2D eigenvalue weighted by atomic mass is 10.0. The fourth-order valence-corrected chi connectivity index (χ4v) is 4.63. The molecule has 9 heteroatoms. The van der Waals surface area contributed by atoms with Crippen molar-refractivity contribution in [3.8, 4) is 11.3 Å². The van der Waals surface area contributed by atoms with Gasteiger partial charge in [-0.05, 0) is 45.6 Å². The van der Waals surface area contributed by atoms with Gasteiger partial charge in [-0.1, -0.05) is 18.2 Å². The van der Waals surface area contributed by atoms with Gasteiger partial charge in [0.25, 0.3) is 5.91 Å². The first kappa shape index (κ1) is 24.6. The standard InChI is InChI=1S/C25H38N8O/c1-17(2)33-24-22(13-29-33)21(25(34)27-12-20-15-32(4)16-28-20)11-23(30-24)19-7-5-6-18(10-19)14-31(3)9-8-26/h5-7,10-11,17,20,28-29H,8-9,12-16,26H2,1-4H3,(H,27,34). The number of anilines is 1. The fourth-order valence-electron chi connectivity index (χ4n) is 4.63. The summed E-state index contributed by atoms with van der Waals surface area (Å²) in [5, 5.41) is 8.62. The van der Waals surface area contributed by atoms with Crippen LogP contribution in [0.3, 0.4) is 0 Å². The van der Waals surface area contributed by atoms with E-state index in [9.17, 15) is 4.79 Å². The largest absolute Gasteiger partial charge is 0.350 e. The van der Waals surface area contributed by atoms with Gasteiger partial charge in [0.05, 0.1) is 5.69 Å². The van der Waals surface area contributed by atoms with Crippen molar-refractivity contribution < 1.29 is 4.79 Å². The third kappa shape index (κ3) is 5.56. The van der Waals surface area contributed by atoms with E-state index in [1.165, 1.54) is 5.56 Å². The SMILES string of the molecule is CC(C)N1NCc2c(C(=O)NCC3CN(C)CN3)cc(-c3cccc(CN(C)CCN)c3)nc21. The van der Waals surface area contributed by atoms with Crippen molar-refractivity contribution >= 4 is 11.7 Å². The molecule has 0 aliphatic carbocycles. The quantitative estimate of drug-likeness (QED) is 0.434. The summed E-state index contributed by atoms with van der Waals surface area (Å²) >= 11 is 0. The number of benzene rings is 1. The van der Waals surface area contributed by atoms with Gasteiger partial charge in [-0.15, -0.1) is 0 Å². The van der Waals surface area contributed by atoms with Gasteiger partial charge >= 0.3 is 0 Å². The third-order valence-corrected chi connectivity index (χ3v) is 6.39. The van der Waals surface area contributed by atoms with Gasteiger partial charge in [0, 0.05) is 74.7 Å². The molecular weight excluding hydrogens is 428 g/mol. The van der Waals surface area contributed by atoms with Crippen LogP contribution in [0.25, 0.3) is 11.3 Å². The second-order valence-electron chi connectivity index (χ2n) is 9.69. The average molecular weight is 467 g/mol. The minimum Gasteiger partial charge on any atom is -0.350 e. The van der Waals surface area contributed by atoms with Gasteiger partial charge < -0.3 is 16.0 Å². The van der Waals surface area contributed by atoms with Gasteiger partial charge in [0.2, 0.25) is 0 Å². The van der Waals surface area contributed by atoms with Crippen LogP contribution < -0.4 is 26.8 Å². The number of carbonyl (C=O) groups is 1. The molecule has 1 atom stereocenters. The maximum absolute atomic E-state index is 13.3. The summed E-state index contributed by atoms with van der Waals surface area (Å²) in [5.41, 5.74) is 13.7. The van der Waals surface area contributed by atoms with Gasteiger partial charge in [-0.25, -0.2) is 10.4 Å². The number of hydrogen-bond donors (Lipinski definition) is 4. The molecule has 9 nitrogen and oxygen atoms in total. The number of hydrogen-bond acceptors (Lipinski definition) is 8. The molecule has 1 aromatic carbocycles. The number of rotatable bonds is 9. The first-order valence-corrected chi connectivity index (χ1v) is 12.1. The van der Waals surface area contributed by atoms with E-state index in [0.717, 1.165) is 48.9 Å². The average Bonchev–Trinajstić information content (AvgIpc) is 3.43. The molecule has 0 spiro atoms. The first-order valence-electron chi connectivity index (χ1n) is 12.1. The van der Waals surface area contributed by atoms with Crippen molar-refractivity contribution in [2.45, 2.75) is 39.0 Å². The molecule has 2 aliphatic heterocycles. The predicted molar refractivity (Wildman–Crippen MR) is 136 cm³/mol. The highest BCUT2D eigenvalue weighted by Crippen LogP contribution is 2.32. The molecule has 1 unspecified atom stereocenters. The van der Waals surface area contributed by atoms with Crippen LogP contribution in [0, 0.1) is 0 Å². The Kier molecular flexibility index (Phi) is 7.80. The van der Waals surface area contributed by atoms with E-state index in [2.05, 4.69) is 83.1 Å². The zero-order valence-electron chi connectivity index (χ0n) is 20.8. The van der Waals surface area contributed by atoms with Crippen molar-refractivity contribution in [1.82, 2.24) is 30.8 Å². The van der Waals surface area contributed by atoms with E-state index in [-0.39, 0.29) is 18.0 Å². The molecule has 2 aromatic rings. The highest BCUT2D eigenvalue weighted by Gasteiger charge is 2.29. The molecule has 0 radical (unpaired) electrons. The molecule has 0 bridgehead atoms. The van der Waals surface area contributed by atoms with Crippen LogP contribution in [0.2, 0.25) is 0 Å². The van der Waals surface area contributed by atoms with Crippen molar-refractivity contribution in [1.29, 1.82) is 0 Å². The molecule has 184 valence electrons. The number of amides is 1. The Labute approximate surface area is 202 Å². The maximum Gasteiger partial charge on any atom is 0.251 e. The second kappa shape index (κ2) is 10.8. The molecule has 5 N–H and O–H groups in total. The first-order chi connectivity index (χ1) is 16.4. The number of nitrogens with zero attached hydrogens (tertiary/aromatic N) is 4. The molecule has 2 aliphatic rings. The Hall–Kier alpha value is -2.56. The lowest BCUT2D eigenvalue weighted by molar-refractivity contribution is 0.0949. The number of nitrogens with two attached hydrogens (primary N) is 1. The Morgan fingerprint density at radius 3 is 2.88 bits per heavy atom. The fraction of sp³-hybridized carbons (Fsp3) is 0.520. The smallest absolute Gasteiger partial charge is 0.251 e. The Bertz CT molecular complexity index is 1010. The number of hydrazine groups is 1. The van der Waals surface area contributed by atoms with Gasteiger partial charge in [-0.3, -0.25) is 20.0 Å². The molecular formula is C25H38N8O. The number of aromatic nitrogens is 1. The molecule has 1 fully saturated rings. The van der Waals surface area contributed by atoms with Crippen LogP contribution in [-0.4, -0.2) is 79.7 Å². The van der Waals surface area contributed by atoms with Gasteiger partial charge in [-0.2, -0.15) is 0 Å². The van der Waals surface area contributed by atoms with Crippen molar-refractivity contribution in [2.24, 2.45) is 5.73 Å². The summed E-state index contributed by atoms with van der Waals surface area (Å²) in [6.45, 7) is 9.48. The third-order valence-electron chi connectivity index (χ3n) is 6.39. The normalized spacial score (nSPS) is 18.2. The molecule has 0 saturated carbocycles. The van der Waals surface area contributed by atoms with Crippen LogP contribution in [-0.2, 0) is 13.1 Å². The monoisotopic (exact) mass is 466 g/mol. The number of nitrogens with one attached hydrogen (secondary N) is 3. The predicted octanol–water partition coefficient (Wildman–Crippen LogP) is 0.963. The van der Waals surface area contributed by atoms with Crippen LogP contribution in [0.5, 0.6) is 0 Å². The Balaban J connectivity index is 1.63. The van der Waals surface area contributed by atoms with E-state index in [0.29, 0.717) is 25.2 Å². The van der Waals surface area contributed by atoms with E-state index in [1.54, 1.807) is 0 Å². The lowest BCUT2D eigenvalue weighted by Crippen LogP contribution is -2.39. The minimum atomic E-state index is -0.0532. The number of fused-ring (bicyclic) bond motifs is 1. The van der Waals surface area contributed by atoms with Crippen molar-refractivity contribution in [3.63, 3.8) is 0 Å². The van der Waals surface area contributed by atoms with E-state index < -0.39 is 0 Å². The zero-order valence-corrected chi connectivity index (χ0v) is 20.8. The summed E-state index contributed by atoms with van der Waals surface area (Å²) < 4.78 is 0. The van der Waals surface area contributed by atoms with Crippen LogP contribution >= 0.6 is 0 Å². The molecule has 1 saturated heterocycles. The molecule has 3 heterocycles. The number of pyridine rings is 1. The van der Waals surface area contributed by atoms with Crippen molar-refractivity contribution in [3.05, 3.63) is 47.0 Å². The van der Waals surface area contributed by atoms with Gasteiger partial charge in [0.15, 0.2) is 0 Å². The Morgan fingerprint density at radius 2 is 2.18 bits per heavy atom. The Morgan fingerprint density at radius 1 is 1.35 bits per heavy atom. The summed E-state index contributed by atoms with van der Waals surface area (Å²) in [5.74, 6) is 0.782. The summed E-state index contributed by atoms with van der Waals surface area (Å²) in [4.78, 5) is 22.8. The number of likely N-dealkylation sites (N-methyl/N-ethyl adjacent to an activating group) is 2. The highest BCUT2D eigenvalue weighted by atomic mass is 16.1. The minimum absolute atomic E-state index is 0.0532. The second-order valence-corrected chi connectivity index (χ2v) is 9.69. The molecule has 1 aromatic heterocycles. The zero-order chi connectivity index (χ0) is 24.2. The number of carbonyl (C=O) groups excluding carboxylic acids is 1. The van der Waals surface area contributed by atoms with Crippen molar-refractivity contribution in [2.75, 3.05) is 52.0 Å². The van der Waals surface area contributed by atoms with Crippen LogP contribution in [0.15, 0.2) is 30.3 Å². The molecule has 34 heavy (non-hydrogen) atoms.